The van der Waals surface area contributed by atoms with Gasteiger partial charge >= 0.3 is 0 Å². The van der Waals surface area contributed by atoms with Crippen LogP contribution in [-0.4, -0.2) is 22.8 Å². The van der Waals surface area contributed by atoms with Gasteiger partial charge in [-0.25, -0.2) is 10.4 Å². The zero-order chi connectivity index (χ0) is 19.8. The molecule has 7 nitrogen and oxygen atoms in total. The Morgan fingerprint density at radius 2 is 1.93 bits per heavy atom. The molecule has 2 N–H and O–H groups in total. The molecule has 3 rings (SSSR count). The highest BCUT2D eigenvalue weighted by Crippen LogP contribution is 2.28. The predicted octanol–water partition coefficient (Wildman–Crippen LogP) is 3.50. The van der Waals surface area contributed by atoms with Gasteiger partial charge in [-0.3, -0.25) is 9.78 Å². The third-order valence-corrected chi connectivity index (χ3v) is 3.76. The number of ether oxygens (including phenoxy) is 2. The first-order chi connectivity index (χ1) is 13.6. The van der Waals surface area contributed by atoms with Crippen molar-refractivity contribution in [3.8, 4) is 11.5 Å². The van der Waals surface area contributed by atoms with Crippen molar-refractivity contribution in [1.82, 2.24) is 9.97 Å². The van der Waals surface area contributed by atoms with E-state index in [1.807, 2.05) is 55.5 Å². The van der Waals surface area contributed by atoms with Crippen molar-refractivity contribution >= 4 is 12.2 Å². The molecule has 1 aromatic heterocycles. The number of nitrogens with zero attached hydrogens (tertiary/aromatic N) is 2. The molecule has 0 aliphatic rings. The number of nitrogens with one attached hydrogen (secondary N) is 2. The lowest BCUT2D eigenvalue weighted by molar-refractivity contribution is 0.269. The Morgan fingerprint density at radius 3 is 2.68 bits per heavy atom. The van der Waals surface area contributed by atoms with Gasteiger partial charge in [-0.15, -0.1) is 0 Å². The SMILES string of the molecule is CCOc1cc(/C=N\Nc2nc(C)cc(=O)[nH]2)ccc1OCc1ccccc1. The number of aromatic amines is 1. The van der Waals surface area contributed by atoms with Crippen LogP contribution in [0.15, 0.2) is 64.5 Å². The van der Waals surface area contributed by atoms with E-state index in [1.54, 1.807) is 13.1 Å². The van der Waals surface area contributed by atoms with Gasteiger partial charge in [0.05, 0.1) is 12.8 Å². The molecule has 144 valence electrons. The molecular formula is C21H22N4O3. The van der Waals surface area contributed by atoms with Crippen LogP contribution in [0, 0.1) is 6.92 Å². The average Bonchev–Trinajstić information content (AvgIpc) is 2.68. The Hall–Kier alpha value is -3.61. The molecule has 0 spiro atoms. The van der Waals surface area contributed by atoms with Crippen LogP contribution in [0.3, 0.4) is 0 Å². The van der Waals surface area contributed by atoms with Crippen LogP contribution in [0.1, 0.15) is 23.7 Å². The van der Waals surface area contributed by atoms with E-state index in [9.17, 15) is 4.79 Å². The highest BCUT2D eigenvalue weighted by atomic mass is 16.5. The van der Waals surface area contributed by atoms with E-state index in [2.05, 4.69) is 20.5 Å². The molecule has 1 heterocycles. The standard InChI is InChI=1S/C21H22N4O3/c1-3-27-19-12-17(13-22-25-21-23-15(2)11-20(26)24-21)9-10-18(19)28-14-16-7-5-4-6-8-16/h4-13H,3,14H2,1-2H3,(H2,23,24,25,26)/b22-13-. The highest BCUT2D eigenvalue weighted by Gasteiger charge is 2.06. The molecule has 2 aromatic carbocycles. The highest BCUT2D eigenvalue weighted by molar-refractivity contribution is 5.81. The topological polar surface area (TPSA) is 88.6 Å². The number of aromatic nitrogens is 2. The summed E-state index contributed by atoms with van der Waals surface area (Å²) in [5, 5.41) is 4.11. The summed E-state index contributed by atoms with van der Waals surface area (Å²) >= 11 is 0. The Morgan fingerprint density at radius 1 is 1.11 bits per heavy atom. The fourth-order valence-electron chi connectivity index (χ4n) is 2.53. The second-order valence-electron chi connectivity index (χ2n) is 6.02. The fourth-order valence-corrected chi connectivity index (χ4v) is 2.53. The quantitative estimate of drug-likeness (QED) is 0.463. The maximum Gasteiger partial charge on any atom is 0.252 e. The third-order valence-electron chi connectivity index (χ3n) is 3.76. The lowest BCUT2D eigenvalue weighted by Gasteiger charge is -2.12. The second-order valence-corrected chi connectivity index (χ2v) is 6.02. The minimum absolute atomic E-state index is 0.233. The number of H-pyrrole nitrogens is 1. The van der Waals surface area contributed by atoms with Crippen LogP contribution in [0.4, 0.5) is 5.95 Å². The van der Waals surface area contributed by atoms with Crippen LogP contribution in [-0.2, 0) is 6.61 Å². The van der Waals surface area contributed by atoms with Gasteiger partial charge in [-0.2, -0.15) is 5.10 Å². The van der Waals surface area contributed by atoms with Gasteiger partial charge in [-0.05, 0) is 43.2 Å². The molecule has 0 unspecified atom stereocenters. The molecule has 0 atom stereocenters. The first-order valence-electron chi connectivity index (χ1n) is 8.94. The zero-order valence-electron chi connectivity index (χ0n) is 15.8. The van der Waals surface area contributed by atoms with E-state index in [1.165, 1.54) is 6.07 Å². The first-order valence-corrected chi connectivity index (χ1v) is 8.94. The molecule has 0 aliphatic carbocycles. The summed E-state index contributed by atoms with van der Waals surface area (Å²) in [6, 6.07) is 16.9. The molecule has 0 saturated heterocycles. The van der Waals surface area contributed by atoms with E-state index in [4.69, 9.17) is 9.47 Å². The summed E-state index contributed by atoms with van der Waals surface area (Å²) in [5.41, 5.74) is 5.00. The molecule has 0 fully saturated rings. The van der Waals surface area contributed by atoms with E-state index in [-0.39, 0.29) is 11.5 Å². The van der Waals surface area contributed by atoms with Gasteiger partial charge in [0.2, 0.25) is 5.95 Å². The monoisotopic (exact) mass is 378 g/mol. The number of anilines is 1. The van der Waals surface area contributed by atoms with Crippen molar-refractivity contribution in [2.24, 2.45) is 5.10 Å². The smallest absolute Gasteiger partial charge is 0.252 e. The Kier molecular flexibility index (Phi) is 6.41. The molecule has 0 radical (unpaired) electrons. The molecule has 0 aliphatic heterocycles. The number of benzene rings is 2. The molecule has 7 heteroatoms. The fraction of sp³-hybridized carbons (Fsp3) is 0.190. The number of hydrogen-bond acceptors (Lipinski definition) is 6. The van der Waals surface area contributed by atoms with Crippen LogP contribution < -0.4 is 20.5 Å². The van der Waals surface area contributed by atoms with E-state index >= 15 is 0 Å². The van der Waals surface area contributed by atoms with Gasteiger partial charge in [0.15, 0.2) is 11.5 Å². The number of hydrogen-bond donors (Lipinski definition) is 2. The molecule has 0 amide bonds. The zero-order valence-corrected chi connectivity index (χ0v) is 15.8. The minimum Gasteiger partial charge on any atom is -0.490 e. The number of hydrazone groups is 1. The largest absolute Gasteiger partial charge is 0.490 e. The number of rotatable bonds is 8. The molecule has 0 bridgehead atoms. The van der Waals surface area contributed by atoms with Crippen LogP contribution >= 0.6 is 0 Å². The van der Waals surface area contributed by atoms with Crippen LogP contribution in [0.2, 0.25) is 0 Å². The van der Waals surface area contributed by atoms with Crippen molar-refractivity contribution in [3.05, 3.63) is 81.8 Å². The summed E-state index contributed by atoms with van der Waals surface area (Å²) in [4.78, 5) is 18.2. The van der Waals surface area contributed by atoms with Crippen molar-refractivity contribution in [1.29, 1.82) is 0 Å². The molecule has 0 saturated carbocycles. The molecule has 28 heavy (non-hydrogen) atoms. The van der Waals surface area contributed by atoms with Crippen LogP contribution in [0.5, 0.6) is 11.5 Å². The summed E-state index contributed by atoms with van der Waals surface area (Å²) in [5.74, 6) is 1.60. The van der Waals surface area contributed by atoms with Crippen LogP contribution in [0.25, 0.3) is 0 Å². The Labute approximate surface area is 163 Å². The predicted molar refractivity (Wildman–Crippen MR) is 109 cm³/mol. The molecular weight excluding hydrogens is 356 g/mol. The summed E-state index contributed by atoms with van der Waals surface area (Å²) < 4.78 is 11.6. The van der Waals surface area contributed by atoms with Gasteiger partial charge < -0.3 is 9.47 Å². The van der Waals surface area contributed by atoms with E-state index < -0.39 is 0 Å². The average molecular weight is 378 g/mol. The van der Waals surface area contributed by atoms with Gasteiger partial charge in [-0.1, -0.05) is 30.3 Å². The molecule has 3 aromatic rings. The van der Waals surface area contributed by atoms with Crippen molar-refractivity contribution in [2.75, 3.05) is 12.0 Å². The van der Waals surface area contributed by atoms with E-state index in [0.717, 1.165) is 11.1 Å². The first kappa shape index (κ1) is 19.2. The normalized spacial score (nSPS) is 10.8. The maximum absolute atomic E-state index is 11.4. The Balaban J connectivity index is 1.69. The lowest BCUT2D eigenvalue weighted by Crippen LogP contribution is -2.10. The van der Waals surface area contributed by atoms with Gasteiger partial charge in [0.25, 0.3) is 5.56 Å². The van der Waals surface area contributed by atoms with Crippen molar-refractivity contribution in [2.45, 2.75) is 20.5 Å². The van der Waals surface area contributed by atoms with E-state index in [0.29, 0.717) is 30.4 Å². The van der Waals surface area contributed by atoms with Gasteiger partial charge in [0.1, 0.15) is 6.61 Å². The van der Waals surface area contributed by atoms with Gasteiger partial charge in [0, 0.05) is 11.8 Å². The summed E-state index contributed by atoms with van der Waals surface area (Å²) in [7, 11) is 0. The summed E-state index contributed by atoms with van der Waals surface area (Å²) in [6.45, 7) is 4.65. The lowest BCUT2D eigenvalue weighted by atomic mass is 10.2. The van der Waals surface area contributed by atoms with Crippen molar-refractivity contribution < 1.29 is 9.47 Å². The third kappa shape index (κ3) is 5.44. The Bertz CT molecular complexity index is 1000. The summed E-state index contributed by atoms with van der Waals surface area (Å²) in [6.07, 6.45) is 1.62. The second kappa shape index (κ2) is 9.36. The number of aryl methyl sites for hydroxylation is 1. The maximum atomic E-state index is 11.4. The minimum atomic E-state index is -0.233. The van der Waals surface area contributed by atoms with Crippen molar-refractivity contribution in [3.63, 3.8) is 0 Å².